The molecule has 2 aliphatic heterocycles. The number of piperidine rings is 1. The molecule has 0 atom stereocenters. The number of rotatable bonds is 3. The minimum Gasteiger partial charge on any atom is -0.300 e. The van der Waals surface area contributed by atoms with Crippen molar-refractivity contribution in [3.8, 4) is 0 Å². The molecule has 2 nitrogen and oxygen atoms in total. The highest BCUT2D eigenvalue weighted by Crippen LogP contribution is 2.36. The molecule has 118 valence electrons. The first-order chi connectivity index (χ1) is 10.8. The smallest absolute Gasteiger partial charge is 0.0637 e. The van der Waals surface area contributed by atoms with E-state index >= 15 is 0 Å². The maximum atomic E-state index is 6.58. The molecule has 4 rings (SSSR count). The maximum Gasteiger partial charge on any atom is 0.0637 e. The van der Waals surface area contributed by atoms with Crippen LogP contribution in [-0.4, -0.2) is 42.0 Å². The van der Waals surface area contributed by atoms with E-state index in [4.69, 9.17) is 11.6 Å². The monoisotopic (exact) mass is 334 g/mol. The number of halogens is 1. The Labute approximate surface area is 141 Å². The number of hydrogen-bond acceptors (Lipinski definition) is 3. The fourth-order valence-corrected chi connectivity index (χ4v) is 5.45. The molecular formula is C18H23ClN2S. The molecule has 2 fully saturated rings. The van der Waals surface area contributed by atoms with Crippen LogP contribution in [0.3, 0.4) is 0 Å². The Kier molecular flexibility index (Phi) is 4.40. The summed E-state index contributed by atoms with van der Waals surface area (Å²) in [5.74, 6) is 0. The molecular weight excluding hydrogens is 312 g/mol. The number of thiophene rings is 1. The lowest BCUT2D eigenvalue weighted by Gasteiger charge is -2.36. The second kappa shape index (κ2) is 6.48. The van der Waals surface area contributed by atoms with Crippen LogP contribution in [0.15, 0.2) is 24.3 Å². The van der Waals surface area contributed by atoms with Gasteiger partial charge < -0.3 is 4.90 Å². The van der Waals surface area contributed by atoms with Crippen molar-refractivity contribution in [3.05, 3.63) is 34.2 Å². The third kappa shape index (κ3) is 2.92. The molecule has 2 aromatic rings. The lowest BCUT2D eigenvalue weighted by atomic mass is 10.0. The highest BCUT2D eigenvalue weighted by Gasteiger charge is 2.26. The quantitative estimate of drug-likeness (QED) is 0.808. The SMILES string of the molecule is Clc1c(CN2CCC(N3CCCC3)CC2)sc2ccccc12. The van der Waals surface area contributed by atoms with Gasteiger partial charge in [-0.05, 0) is 44.8 Å². The molecule has 0 bridgehead atoms. The molecule has 0 saturated carbocycles. The second-order valence-electron chi connectivity index (χ2n) is 6.59. The zero-order valence-corrected chi connectivity index (χ0v) is 14.5. The Balaban J connectivity index is 1.40. The van der Waals surface area contributed by atoms with Crippen LogP contribution in [-0.2, 0) is 6.54 Å². The molecule has 0 N–H and O–H groups in total. The average Bonchev–Trinajstić information content (AvgIpc) is 3.18. The van der Waals surface area contributed by atoms with Crippen molar-refractivity contribution in [2.24, 2.45) is 0 Å². The largest absolute Gasteiger partial charge is 0.300 e. The number of hydrogen-bond donors (Lipinski definition) is 0. The predicted molar refractivity (Wildman–Crippen MR) is 95.9 cm³/mol. The van der Waals surface area contributed by atoms with Crippen LogP contribution in [0.1, 0.15) is 30.6 Å². The normalized spacial score (nSPS) is 21.9. The van der Waals surface area contributed by atoms with Crippen LogP contribution in [0.2, 0.25) is 5.02 Å². The predicted octanol–water partition coefficient (Wildman–Crippen LogP) is 4.61. The summed E-state index contributed by atoms with van der Waals surface area (Å²) >= 11 is 8.44. The van der Waals surface area contributed by atoms with Crippen LogP contribution < -0.4 is 0 Å². The summed E-state index contributed by atoms with van der Waals surface area (Å²) in [4.78, 5) is 6.63. The van der Waals surface area contributed by atoms with Gasteiger partial charge in [0.25, 0.3) is 0 Å². The zero-order valence-electron chi connectivity index (χ0n) is 12.9. The number of fused-ring (bicyclic) bond motifs is 1. The van der Waals surface area contributed by atoms with E-state index in [-0.39, 0.29) is 0 Å². The Morgan fingerprint density at radius 1 is 1.05 bits per heavy atom. The maximum absolute atomic E-state index is 6.58. The number of likely N-dealkylation sites (tertiary alicyclic amines) is 2. The fourth-order valence-electron chi connectivity index (χ4n) is 3.92. The van der Waals surface area contributed by atoms with Crippen LogP contribution in [0, 0.1) is 0 Å². The molecule has 3 heterocycles. The van der Waals surface area contributed by atoms with Crippen molar-refractivity contribution in [3.63, 3.8) is 0 Å². The fraction of sp³-hybridized carbons (Fsp3) is 0.556. The van der Waals surface area contributed by atoms with Gasteiger partial charge in [-0.1, -0.05) is 29.8 Å². The van der Waals surface area contributed by atoms with Crippen LogP contribution >= 0.6 is 22.9 Å². The Hall–Kier alpha value is -0.610. The van der Waals surface area contributed by atoms with Crippen molar-refractivity contribution >= 4 is 33.0 Å². The number of nitrogens with zero attached hydrogens (tertiary/aromatic N) is 2. The Morgan fingerprint density at radius 3 is 2.50 bits per heavy atom. The Bertz CT molecular complexity index is 640. The third-order valence-electron chi connectivity index (χ3n) is 5.18. The van der Waals surface area contributed by atoms with Gasteiger partial charge >= 0.3 is 0 Å². The highest BCUT2D eigenvalue weighted by atomic mass is 35.5. The summed E-state index contributed by atoms with van der Waals surface area (Å²) in [7, 11) is 0. The summed E-state index contributed by atoms with van der Waals surface area (Å²) in [6.07, 6.45) is 5.44. The van der Waals surface area contributed by atoms with Gasteiger partial charge in [-0.2, -0.15) is 0 Å². The van der Waals surface area contributed by atoms with Gasteiger partial charge in [0, 0.05) is 40.6 Å². The average molecular weight is 335 g/mol. The highest BCUT2D eigenvalue weighted by molar-refractivity contribution is 7.19. The van der Waals surface area contributed by atoms with Gasteiger partial charge in [0.1, 0.15) is 0 Å². The third-order valence-corrected chi connectivity index (χ3v) is 6.88. The molecule has 4 heteroatoms. The van der Waals surface area contributed by atoms with Crippen LogP contribution in [0.25, 0.3) is 10.1 Å². The molecule has 22 heavy (non-hydrogen) atoms. The minimum atomic E-state index is 0.830. The standard InChI is InChI=1S/C18H23ClN2S/c19-18-15-5-1-2-6-16(15)22-17(18)13-20-11-7-14(8-12-20)21-9-3-4-10-21/h1-2,5-6,14H,3-4,7-13H2. The van der Waals surface area contributed by atoms with Gasteiger partial charge in [-0.3, -0.25) is 4.90 Å². The molecule has 0 unspecified atom stereocenters. The molecule has 2 aliphatic rings. The molecule has 2 saturated heterocycles. The van der Waals surface area contributed by atoms with E-state index in [1.807, 2.05) is 11.3 Å². The van der Waals surface area contributed by atoms with E-state index in [2.05, 4.69) is 34.1 Å². The topological polar surface area (TPSA) is 6.48 Å². The van der Waals surface area contributed by atoms with E-state index < -0.39 is 0 Å². The molecule has 0 radical (unpaired) electrons. The van der Waals surface area contributed by atoms with E-state index in [0.29, 0.717) is 0 Å². The summed E-state index contributed by atoms with van der Waals surface area (Å²) in [6, 6.07) is 9.32. The number of benzene rings is 1. The van der Waals surface area contributed by atoms with E-state index in [1.165, 1.54) is 66.8 Å². The molecule has 0 amide bonds. The Morgan fingerprint density at radius 2 is 1.77 bits per heavy atom. The first-order valence-corrected chi connectivity index (χ1v) is 9.63. The zero-order chi connectivity index (χ0) is 14.9. The van der Waals surface area contributed by atoms with Crippen molar-refractivity contribution in [2.45, 2.75) is 38.3 Å². The van der Waals surface area contributed by atoms with Crippen molar-refractivity contribution in [1.82, 2.24) is 9.80 Å². The van der Waals surface area contributed by atoms with Gasteiger partial charge in [0.05, 0.1) is 5.02 Å². The molecule has 0 spiro atoms. The molecule has 1 aromatic carbocycles. The van der Waals surface area contributed by atoms with Crippen molar-refractivity contribution in [1.29, 1.82) is 0 Å². The minimum absolute atomic E-state index is 0.830. The summed E-state index contributed by atoms with van der Waals surface area (Å²) in [6.45, 7) is 6.10. The van der Waals surface area contributed by atoms with Crippen LogP contribution in [0.5, 0.6) is 0 Å². The van der Waals surface area contributed by atoms with E-state index in [0.717, 1.165) is 17.6 Å². The second-order valence-corrected chi connectivity index (χ2v) is 8.10. The van der Waals surface area contributed by atoms with Crippen LogP contribution in [0.4, 0.5) is 0 Å². The summed E-state index contributed by atoms with van der Waals surface area (Å²) < 4.78 is 1.31. The van der Waals surface area contributed by atoms with Crippen molar-refractivity contribution in [2.75, 3.05) is 26.2 Å². The first-order valence-electron chi connectivity index (χ1n) is 8.43. The van der Waals surface area contributed by atoms with E-state index in [9.17, 15) is 0 Å². The lowest BCUT2D eigenvalue weighted by Crippen LogP contribution is -2.43. The van der Waals surface area contributed by atoms with Gasteiger partial charge in [-0.25, -0.2) is 0 Å². The van der Waals surface area contributed by atoms with Gasteiger partial charge in [0.2, 0.25) is 0 Å². The van der Waals surface area contributed by atoms with E-state index in [1.54, 1.807) is 0 Å². The summed E-state index contributed by atoms with van der Waals surface area (Å²) in [5, 5.41) is 2.19. The lowest BCUT2D eigenvalue weighted by molar-refractivity contribution is 0.123. The summed E-state index contributed by atoms with van der Waals surface area (Å²) in [5.41, 5.74) is 0. The molecule has 0 aliphatic carbocycles. The first kappa shape index (κ1) is 14.9. The van der Waals surface area contributed by atoms with Gasteiger partial charge in [-0.15, -0.1) is 11.3 Å². The van der Waals surface area contributed by atoms with Gasteiger partial charge in [0.15, 0.2) is 0 Å². The van der Waals surface area contributed by atoms with Crippen molar-refractivity contribution < 1.29 is 0 Å². The molecule has 1 aromatic heterocycles.